The number of sulfone groups is 1. The minimum absolute atomic E-state index is 0.00234. The number of hydrogen-bond acceptors (Lipinski definition) is 4. The van der Waals surface area contributed by atoms with E-state index in [2.05, 4.69) is 0 Å². The molecule has 0 bridgehead atoms. The summed E-state index contributed by atoms with van der Waals surface area (Å²) < 4.78 is 42.7. The van der Waals surface area contributed by atoms with Crippen LogP contribution >= 0.6 is 0 Å². The molecule has 0 radical (unpaired) electrons. The van der Waals surface area contributed by atoms with Crippen molar-refractivity contribution < 1.29 is 22.0 Å². The second-order valence-corrected chi connectivity index (χ2v) is 9.68. The highest BCUT2D eigenvalue weighted by atomic mass is 32.2. The minimum atomic E-state index is -3.10. The average molecular weight is 393 g/mol. The van der Waals surface area contributed by atoms with E-state index in [1.807, 2.05) is 13.8 Å². The van der Waals surface area contributed by atoms with Crippen molar-refractivity contribution in [1.29, 1.82) is 0 Å². The molecule has 0 saturated carbocycles. The molecule has 3 rings (SSSR count). The maximum atomic E-state index is 13.1. The summed E-state index contributed by atoms with van der Waals surface area (Å²) >= 11 is 0. The predicted molar refractivity (Wildman–Crippen MR) is 101 cm³/mol. The van der Waals surface area contributed by atoms with Gasteiger partial charge in [0.2, 0.25) is 5.91 Å². The van der Waals surface area contributed by atoms with Crippen LogP contribution in [0.25, 0.3) is 11.3 Å². The van der Waals surface area contributed by atoms with Crippen molar-refractivity contribution in [2.45, 2.75) is 39.3 Å². The molecule has 0 unspecified atom stereocenters. The van der Waals surface area contributed by atoms with Gasteiger partial charge in [-0.3, -0.25) is 4.79 Å². The second-order valence-electron chi connectivity index (χ2n) is 7.45. The third-order valence-electron chi connectivity index (χ3n) is 4.67. The van der Waals surface area contributed by atoms with E-state index < -0.39 is 9.84 Å². The van der Waals surface area contributed by atoms with Crippen LogP contribution in [0.4, 0.5) is 4.39 Å². The molecule has 1 aromatic heterocycles. The summed E-state index contributed by atoms with van der Waals surface area (Å²) in [5.74, 6) is 1.08. The summed E-state index contributed by atoms with van der Waals surface area (Å²) in [6, 6.07) is 9.21. The third kappa shape index (κ3) is 4.97. The number of carbonyl (C=O) groups excluding carboxylic acids is 1. The van der Waals surface area contributed by atoms with E-state index >= 15 is 0 Å². The lowest BCUT2D eigenvalue weighted by Gasteiger charge is -2.28. The average Bonchev–Trinajstić information content (AvgIpc) is 3.19. The van der Waals surface area contributed by atoms with Crippen LogP contribution in [-0.2, 0) is 21.2 Å². The zero-order valence-electron chi connectivity index (χ0n) is 15.5. The van der Waals surface area contributed by atoms with Crippen LogP contribution in [0.2, 0.25) is 0 Å². The van der Waals surface area contributed by atoms with Crippen molar-refractivity contribution in [2.75, 3.05) is 11.5 Å². The standard InChI is InChI=1S/C20H24FNO4S/c1-14(2)11-20(23)22(17-9-10-27(24,25)13-17)12-18-7-8-19(26-18)15-3-5-16(21)6-4-15/h3-8,14,17H,9-13H2,1-2H3/t17-/m1/s1. The van der Waals surface area contributed by atoms with E-state index in [1.54, 1.807) is 29.2 Å². The molecule has 1 atom stereocenters. The molecule has 2 heterocycles. The Bertz CT molecular complexity index is 902. The normalized spacial score (nSPS) is 18.7. The van der Waals surface area contributed by atoms with E-state index in [9.17, 15) is 17.6 Å². The largest absolute Gasteiger partial charge is 0.459 e. The van der Waals surface area contributed by atoms with E-state index in [4.69, 9.17) is 4.42 Å². The van der Waals surface area contributed by atoms with Crippen molar-refractivity contribution in [3.05, 3.63) is 48.0 Å². The molecule has 7 heteroatoms. The first-order valence-electron chi connectivity index (χ1n) is 9.08. The Hall–Kier alpha value is -2.15. The first kappa shape index (κ1) is 19.6. The summed E-state index contributed by atoms with van der Waals surface area (Å²) in [7, 11) is -3.10. The van der Waals surface area contributed by atoms with Gasteiger partial charge in [-0.1, -0.05) is 13.8 Å². The Morgan fingerprint density at radius 2 is 1.93 bits per heavy atom. The first-order chi connectivity index (χ1) is 12.7. The van der Waals surface area contributed by atoms with Gasteiger partial charge in [0.25, 0.3) is 0 Å². The highest BCUT2D eigenvalue weighted by Gasteiger charge is 2.35. The van der Waals surface area contributed by atoms with Crippen molar-refractivity contribution in [3.63, 3.8) is 0 Å². The highest BCUT2D eigenvalue weighted by molar-refractivity contribution is 7.91. The molecule has 0 N–H and O–H groups in total. The van der Waals surface area contributed by atoms with Crippen LogP contribution in [0.15, 0.2) is 40.8 Å². The SMILES string of the molecule is CC(C)CC(=O)N(Cc1ccc(-c2ccc(F)cc2)o1)[C@@H]1CCS(=O)(=O)C1. The van der Waals surface area contributed by atoms with Crippen LogP contribution in [0.3, 0.4) is 0 Å². The van der Waals surface area contributed by atoms with Crippen LogP contribution in [0.1, 0.15) is 32.4 Å². The van der Waals surface area contributed by atoms with Gasteiger partial charge in [-0.05, 0) is 48.7 Å². The predicted octanol–water partition coefficient (Wildman–Crippen LogP) is 3.65. The van der Waals surface area contributed by atoms with Gasteiger partial charge in [-0.25, -0.2) is 12.8 Å². The van der Waals surface area contributed by atoms with Gasteiger partial charge in [-0.2, -0.15) is 0 Å². The lowest BCUT2D eigenvalue weighted by atomic mass is 10.1. The quantitative estimate of drug-likeness (QED) is 0.751. The number of furan rings is 1. The van der Waals surface area contributed by atoms with Gasteiger partial charge in [0.05, 0.1) is 18.1 Å². The molecule has 146 valence electrons. The number of nitrogens with zero attached hydrogens (tertiary/aromatic N) is 1. The number of amides is 1. The summed E-state index contributed by atoms with van der Waals surface area (Å²) in [5.41, 5.74) is 0.742. The molecule has 1 aliphatic rings. The van der Waals surface area contributed by atoms with Crippen molar-refractivity contribution in [1.82, 2.24) is 4.90 Å². The third-order valence-corrected chi connectivity index (χ3v) is 6.42. The molecule has 0 aliphatic carbocycles. The van der Waals surface area contributed by atoms with E-state index in [0.29, 0.717) is 24.4 Å². The maximum Gasteiger partial charge on any atom is 0.223 e. The van der Waals surface area contributed by atoms with Gasteiger partial charge < -0.3 is 9.32 Å². The highest BCUT2D eigenvalue weighted by Crippen LogP contribution is 2.26. The summed E-state index contributed by atoms with van der Waals surface area (Å²) in [6.45, 7) is 4.15. The van der Waals surface area contributed by atoms with Crippen LogP contribution in [0, 0.1) is 11.7 Å². The number of halogens is 1. The lowest BCUT2D eigenvalue weighted by molar-refractivity contribution is -0.134. The topological polar surface area (TPSA) is 67.6 Å². The Kier molecular flexibility index (Phi) is 5.69. The molecule has 1 amide bonds. The van der Waals surface area contributed by atoms with Crippen LogP contribution in [-0.4, -0.2) is 36.8 Å². The summed E-state index contributed by atoms with van der Waals surface area (Å²) in [4.78, 5) is 14.4. The number of hydrogen-bond donors (Lipinski definition) is 0. The van der Waals surface area contributed by atoms with Gasteiger partial charge >= 0.3 is 0 Å². The maximum absolute atomic E-state index is 13.1. The van der Waals surface area contributed by atoms with E-state index in [1.165, 1.54) is 12.1 Å². The Morgan fingerprint density at radius 1 is 1.22 bits per heavy atom. The monoisotopic (exact) mass is 393 g/mol. The van der Waals surface area contributed by atoms with Gasteiger partial charge in [0.15, 0.2) is 9.84 Å². The summed E-state index contributed by atoms with van der Waals surface area (Å²) in [5, 5.41) is 0. The van der Waals surface area contributed by atoms with Crippen molar-refractivity contribution >= 4 is 15.7 Å². The van der Waals surface area contributed by atoms with Crippen molar-refractivity contribution in [3.8, 4) is 11.3 Å². The van der Waals surface area contributed by atoms with E-state index in [-0.39, 0.29) is 41.7 Å². The summed E-state index contributed by atoms with van der Waals surface area (Å²) in [6.07, 6.45) is 0.819. The molecule has 2 aromatic rings. The van der Waals surface area contributed by atoms with Gasteiger partial charge in [0.1, 0.15) is 17.3 Å². The van der Waals surface area contributed by atoms with E-state index in [0.717, 1.165) is 5.56 Å². The fraction of sp³-hybridized carbons (Fsp3) is 0.450. The molecule has 5 nitrogen and oxygen atoms in total. The molecule has 1 fully saturated rings. The lowest BCUT2D eigenvalue weighted by Crippen LogP contribution is -2.41. The molecule has 1 aliphatic heterocycles. The number of carbonyl (C=O) groups is 1. The first-order valence-corrected chi connectivity index (χ1v) is 10.9. The minimum Gasteiger partial charge on any atom is -0.459 e. The van der Waals surface area contributed by atoms with Crippen LogP contribution < -0.4 is 0 Å². The second kappa shape index (κ2) is 7.84. The van der Waals surface area contributed by atoms with Crippen LogP contribution in [0.5, 0.6) is 0 Å². The Morgan fingerprint density at radius 3 is 2.52 bits per heavy atom. The van der Waals surface area contributed by atoms with Crippen molar-refractivity contribution in [2.24, 2.45) is 5.92 Å². The smallest absolute Gasteiger partial charge is 0.223 e. The molecular formula is C20H24FNO4S. The molecular weight excluding hydrogens is 369 g/mol. The molecule has 27 heavy (non-hydrogen) atoms. The molecule has 1 aromatic carbocycles. The fourth-order valence-corrected chi connectivity index (χ4v) is 5.04. The molecule has 1 saturated heterocycles. The van der Waals surface area contributed by atoms with Gasteiger partial charge in [0, 0.05) is 18.0 Å². The van der Waals surface area contributed by atoms with Gasteiger partial charge in [-0.15, -0.1) is 0 Å². The fourth-order valence-electron chi connectivity index (χ4n) is 3.31. The Balaban J connectivity index is 1.79. The Labute approximate surface area is 159 Å². The molecule has 0 spiro atoms. The zero-order chi connectivity index (χ0) is 19.6. The zero-order valence-corrected chi connectivity index (χ0v) is 16.3. The number of benzene rings is 1. The number of rotatable bonds is 6.